The van der Waals surface area contributed by atoms with E-state index < -0.39 is 22.0 Å². The second-order valence-electron chi connectivity index (χ2n) is 2.55. The standard InChI is InChI=1S/C7H14O5S/c1-2-4-12-6-7(8)3-5-13(9,10)11/h2,7-8H,1,3-6H2,(H,9,10,11). The Kier molecular flexibility index (Phi) is 5.89. The summed E-state index contributed by atoms with van der Waals surface area (Å²) in [6.45, 7) is 3.75. The summed E-state index contributed by atoms with van der Waals surface area (Å²) in [7, 11) is -3.99. The molecule has 0 amide bonds. The molecule has 0 spiro atoms. The lowest BCUT2D eigenvalue weighted by Crippen LogP contribution is -2.19. The van der Waals surface area contributed by atoms with E-state index in [1.165, 1.54) is 6.08 Å². The summed E-state index contributed by atoms with van der Waals surface area (Å²) < 4.78 is 33.7. The minimum absolute atomic E-state index is 0.0318. The van der Waals surface area contributed by atoms with Crippen LogP contribution in [0.2, 0.25) is 0 Å². The number of aliphatic hydroxyl groups excluding tert-OH is 1. The average molecular weight is 210 g/mol. The molecule has 2 N–H and O–H groups in total. The SMILES string of the molecule is C=CCOCC(O)CCS(=O)(=O)O. The fourth-order valence-corrected chi connectivity index (χ4v) is 1.23. The second-order valence-corrected chi connectivity index (χ2v) is 4.13. The molecule has 6 heteroatoms. The second kappa shape index (κ2) is 6.09. The third-order valence-electron chi connectivity index (χ3n) is 1.25. The van der Waals surface area contributed by atoms with Gasteiger partial charge in [0.2, 0.25) is 0 Å². The molecule has 0 aromatic carbocycles. The highest BCUT2D eigenvalue weighted by Gasteiger charge is 2.10. The Hall–Kier alpha value is -0.430. The molecule has 1 unspecified atom stereocenters. The third kappa shape index (κ3) is 9.48. The van der Waals surface area contributed by atoms with E-state index in [0.717, 1.165) is 0 Å². The molecule has 0 heterocycles. The first-order valence-corrected chi connectivity index (χ1v) is 5.38. The maximum absolute atomic E-state index is 10.3. The number of rotatable bonds is 7. The molecule has 78 valence electrons. The van der Waals surface area contributed by atoms with E-state index in [1.54, 1.807) is 0 Å². The lowest BCUT2D eigenvalue weighted by Gasteiger charge is -2.08. The first-order chi connectivity index (χ1) is 5.95. The van der Waals surface area contributed by atoms with Crippen molar-refractivity contribution in [2.75, 3.05) is 19.0 Å². The quantitative estimate of drug-likeness (QED) is 0.346. The van der Waals surface area contributed by atoms with Crippen LogP contribution in [0.3, 0.4) is 0 Å². The zero-order valence-electron chi connectivity index (χ0n) is 7.22. The molecule has 0 aromatic rings. The predicted molar refractivity (Wildman–Crippen MR) is 48.1 cm³/mol. The number of ether oxygens (including phenoxy) is 1. The Labute approximate surface area is 77.8 Å². The molecule has 1 atom stereocenters. The van der Waals surface area contributed by atoms with E-state index in [2.05, 4.69) is 6.58 Å². The van der Waals surface area contributed by atoms with Gasteiger partial charge in [-0.3, -0.25) is 4.55 Å². The van der Waals surface area contributed by atoms with E-state index in [0.29, 0.717) is 6.61 Å². The molecule has 0 fully saturated rings. The van der Waals surface area contributed by atoms with Crippen LogP contribution >= 0.6 is 0 Å². The molecule has 13 heavy (non-hydrogen) atoms. The Morgan fingerprint density at radius 2 is 2.15 bits per heavy atom. The minimum Gasteiger partial charge on any atom is -0.391 e. The number of aliphatic hydroxyl groups is 1. The highest BCUT2D eigenvalue weighted by molar-refractivity contribution is 7.85. The maximum Gasteiger partial charge on any atom is 0.264 e. The van der Waals surface area contributed by atoms with E-state index >= 15 is 0 Å². The topological polar surface area (TPSA) is 83.8 Å². The lowest BCUT2D eigenvalue weighted by molar-refractivity contribution is 0.0476. The summed E-state index contributed by atoms with van der Waals surface area (Å²) in [6, 6.07) is 0. The highest BCUT2D eigenvalue weighted by atomic mass is 32.2. The molecule has 0 aliphatic carbocycles. The van der Waals surface area contributed by atoms with Crippen LogP contribution in [0, 0.1) is 0 Å². The number of hydrogen-bond acceptors (Lipinski definition) is 4. The van der Waals surface area contributed by atoms with Crippen molar-refractivity contribution in [2.45, 2.75) is 12.5 Å². The van der Waals surface area contributed by atoms with Crippen molar-refractivity contribution < 1.29 is 22.8 Å². The normalized spacial score (nSPS) is 14.0. The molecule has 0 radical (unpaired) electrons. The van der Waals surface area contributed by atoms with Gasteiger partial charge in [-0.2, -0.15) is 8.42 Å². The molecule has 0 saturated carbocycles. The van der Waals surface area contributed by atoms with Gasteiger partial charge in [0.05, 0.1) is 25.1 Å². The van der Waals surface area contributed by atoms with Crippen molar-refractivity contribution in [1.82, 2.24) is 0 Å². The fraction of sp³-hybridized carbons (Fsp3) is 0.714. The van der Waals surface area contributed by atoms with Crippen molar-refractivity contribution in [3.63, 3.8) is 0 Å². The van der Waals surface area contributed by atoms with Gasteiger partial charge < -0.3 is 9.84 Å². The third-order valence-corrected chi connectivity index (χ3v) is 2.01. The molecular weight excluding hydrogens is 196 g/mol. The first kappa shape index (κ1) is 12.6. The van der Waals surface area contributed by atoms with Gasteiger partial charge in [-0.1, -0.05) is 6.08 Å². The summed E-state index contributed by atoms with van der Waals surface area (Å²) in [5.74, 6) is -0.453. The Bertz CT molecular complexity index is 233. The Morgan fingerprint density at radius 1 is 1.54 bits per heavy atom. The van der Waals surface area contributed by atoms with Gasteiger partial charge in [0.1, 0.15) is 0 Å². The Morgan fingerprint density at radius 3 is 2.62 bits per heavy atom. The van der Waals surface area contributed by atoms with Gasteiger partial charge in [-0.25, -0.2) is 0 Å². The molecule has 0 aliphatic rings. The van der Waals surface area contributed by atoms with Crippen LogP contribution in [-0.2, 0) is 14.9 Å². The Balaban J connectivity index is 3.51. The molecule has 0 saturated heterocycles. The van der Waals surface area contributed by atoms with Gasteiger partial charge in [-0.15, -0.1) is 6.58 Å². The molecule has 0 bridgehead atoms. The zero-order chi connectivity index (χ0) is 10.3. The van der Waals surface area contributed by atoms with E-state index in [4.69, 9.17) is 14.4 Å². The van der Waals surface area contributed by atoms with Crippen LogP contribution in [0.15, 0.2) is 12.7 Å². The molecule has 0 aromatic heterocycles. The molecule has 5 nitrogen and oxygen atoms in total. The lowest BCUT2D eigenvalue weighted by atomic mass is 10.3. The van der Waals surface area contributed by atoms with Gasteiger partial charge >= 0.3 is 0 Å². The van der Waals surface area contributed by atoms with Gasteiger partial charge in [0.25, 0.3) is 10.1 Å². The summed E-state index contributed by atoms with van der Waals surface area (Å²) in [5.41, 5.74) is 0. The van der Waals surface area contributed by atoms with Gasteiger partial charge in [0, 0.05) is 0 Å². The van der Waals surface area contributed by atoms with Crippen LogP contribution in [0.5, 0.6) is 0 Å². The summed E-state index contributed by atoms with van der Waals surface area (Å²) >= 11 is 0. The number of hydrogen-bond donors (Lipinski definition) is 2. The van der Waals surface area contributed by atoms with Gasteiger partial charge in [-0.05, 0) is 6.42 Å². The van der Waals surface area contributed by atoms with Crippen LogP contribution in [0.1, 0.15) is 6.42 Å². The van der Waals surface area contributed by atoms with E-state index in [1.807, 2.05) is 0 Å². The predicted octanol–water partition coefficient (Wildman–Crippen LogP) is -0.172. The van der Waals surface area contributed by atoms with Crippen LogP contribution in [-0.4, -0.2) is 43.1 Å². The van der Waals surface area contributed by atoms with Crippen molar-refractivity contribution >= 4 is 10.1 Å². The van der Waals surface area contributed by atoms with Crippen molar-refractivity contribution in [2.24, 2.45) is 0 Å². The molecule has 0 aliphatic heterocycles. The van der Waals surface area contributed by atoms with Crippen LogP contribution in [0.4, 0.5) is 0 Å². The summed E-state index contributed by atoms with van der Waals surface area (Å²) in [6.07, 6.45) is 0.618. The van der Waals surface area contributed by atoms with Crippen LogP contribution in [0.25, 0.3) is 0 Å². The van der Waals surface area contributed by atoms with Crippen molar-refractivity contribution in [1.29, 1.82) is 0 Å². The van der Waals surface area contributed by atoms with Crippen molar-refractivity contribution in [3.05, 3.63) is 12.7 Å². The summed E-state index contributed by atoms with van der Waals surface area (Å²) in [4.78, 5) is 0. The first-order valence-electron chi connectivity index (χ1n) is 3.77. The largest absolute Gasteiger partial charge is 0.391 e. The highest BCUT2D eigenvalue weighted by Crippen LogP contribution is 1.96. The minimum atomic E-state index is -3.99. The maximum atomic E-state index is 10.3. The average Bonchev–Trinajstić information content (AvgIpc) is 2.00. The van der Waals surface area contributed by atoms with Crippen molar-refractivity contribution in [3.8, 4) is 0 Å². The molecular formula is C7H14O5S. The van der Waals surface area contributed by atoms with Crippen LogP contribution < -0.4 is 0 Å². The zero-order valence-corrected chi connectivity index (χ0v) is 8.03. The molecule has 0 rings (SSSR count). The van der Waals surface area contributed by atoms with E-state index in [9.17, 15) is 8.42 Å². The smallest absolute Gasteiger partial charge is 0.264 e. The summed E-state index contributed by atoms with van der Waals surface area (Å²) in [5, 5.41) is 9.10. The van der Waals surface area contributed by atoms with Gasteiger partial charge in [0.15, 0.2) is 0 Å². The monoisotopic (exact) mass is 210 g/mol. The fourth-order valence-electron chi connectivity index (χ4n) is 0.656. The van der Waals surface area contributed by atoms with E-state index in [-0.39, 0.29) is 13.0 Å².